The summed E-state index contributed by atoms with van der Waals surface area (Å²) in [5.74, 6) is -0.0905. The zero-order valence-corrected chi connectivity index (χ0v) is 38.9. The Morgan fingerprint density at radius 3 is 1.17 bits per heavy atom. The van der Waals surface area contributed by atoms with Gasteiger partial charge in [-0.15, -0.1) is 0 Å². The highest BCUT2D eigenvalue weighted by atomic mass is 16.3. The predicted octanol–water partition coefficient (Wildman–Crippen LogP) is 16.1. The predicted molar refractivity (Wildman–Crippen MR) is 266 cm³/mol. The maximum atomic E-state index is 12.4. The number of aliphatic hydroxyl groups excluding tert-OH is 2. The second-order valence-electron chi connectivity index (χ2n) is 16.1. The molecule has 0 heterocycles. The van der Waals surface area contributed by atoms with Crippen molar-refractivity contribution in [1.82, 2.24) is 5.32 Å². The van der Waals surface area contributed by atoms with Crippen molar-refractivity contribution < 1.29 is 15.0 Å². The van der Waals surface area contributed by atoms with Crippen LogP contribution in [0, 0.1) is 0 Å². The minimum atomic E-state index is -0.881. The van der Waals surface area contributed by atoms with Gasteiger partial charge in [-0.2, -0.15) is 0 Å². The van der Waals surface area contributed by atoms with Crippen LogP contribution in [-0.4, -0.2) is 34.9 Å². The number of carbonyl (C=O) groups excluding carboxylic acids is 1. The molecule has 3 N–H and O–H groups in total. The van der Waals surface area contributed by atoms with Crippen LogP contribution in [0.2, 0.25) is 0 Å². The van der Waals surface area contributed by atoms with Crippen molar-refractivity contribution >= 4 is 5.91 Å². The minimum Gasteiger partial charge on any atom is -0.394 e. The van der Waals surface area contributed by atoms with E-state index in [2.05, 4.69) is 129 Å². The Kier molecular flexibility index (Phi) is 47.5. The van der Waals surface area contributed by atoms with E-state index in [0.29, 0.717) is 6.42 Å². The number of amides is 1. The van der Waals surface area contributed by atoms with Gasteiger partial charge in [-0.1, -0.05) is 219 Å². The number of unbranched alkanes of at least 4 members (excludes halogenated alkanes) is 18. The van der Waals surface area contributed by atoms with Crippen LogP contribution in [0.5, 0.6) is 0 Å². The molecule has 4 heteroatoms. The van der Waals surface area contributed by atoms with Crippen LogP contribution < -0.4 is 5.32 Å². The molecule has 0 aromatic carbocycles. The third kappa shape index (κ3) is 45.9. The summed E-state index contributed by atoms with van der Waals surface area (Å²) in [7, 11) is 0. The number of hydrogen-bond acceptors (Lipinski definition) is 3. The second kappa shape index (κ2) is 50.1. The second-order valence-corrected chi connectivity index (χ2v) is 16.1. The van der Waals surface area contributed by atoms with E-state index in [9.17, 15) is 15.0 Å². The highest BCUT2D eigenvalue weighted by Gasteiger charge is 2.17. The van der Waals surface area contributed by atoms with Crippen LogP contribution in [0.3, 0.4) is 0 Å². The van der Waals surface area contributed by atoms with Crippen LogP contribution in [0.1, 0.15) is 206 Å². The largest absolute Gasteiger partial charge is 0.394 e. The fraction of sp³-hybridized carbons (Fsp3) is 0.625. The zero-order chi connectivity index (χ0) is 43.5. The molecule has 0 aliphatic heterocycles. The molecule has 0 saturated heterocycles. The average Bonchev–Trinajstić information content (AvgIpc) is 3.25. The Balaban J connectivity index is 3.67. The number of carbonyl (C=O) groups is 1. The quantitative estimate of drug-likeness (QED) is 0.0424. The Labute approximate surface area is 371 Å². The van der Waals surface area contributed by atoms with E-state index < -0.39 is 12.1 Å². The van der Waals surface area contributed by atoms with Gasteiger partial charge in [0.25, 0.3) is 0 Å². The van der Waals surface area contributed by atoms with Crippen molar-refractivity contribution in [1.29, 1.82) is 0 Å². The number of rotatable bonds is 43. The van der Waals surface area contributed by atoms with Crippen molar-refractivity contribution in [3.63, 3.8) is 0 Å². The lowest BCUT2D eigenvalue weighted by Crippen LogP contribution is -2.45. The highest BCUT2D eigenvalue weighted by Crippen LogP contribution is 2.13. The molecule has 1 amide bonds. The maximum absolute atomic E-state index is 12.4. The van der Waals surface area contributed by atoms with Gasteiger partial charge in [-0.3, -0.25) is 4.79 Å². The molecule has 0 aromatic heterocycles. The number of aliphatic hydroxyl groups is 2. The topological polar surface area (TPSA) is 69.6 Å². The molecule has 0 aliphatic rings. The molecule has 2 unspecified atom stereocenters. The Morgan fingerprint density at radius 1 is 0.417 bits per heavy atom. The van der Waals surface area contributed by atoms with Crippen molar-refractivity contribution in [2.24, 2.45) is 0 Å². The molecule has 0 fully saturated rings. The summed E-state index contributed by atoms with van der Waals surface area (Å²) in [6.45, 7) is 4.16. The molecular weight excluding hydrogens is 735 g/mol. The van der Waals surface area contributed by atoms with Gasteiger partial charge in [0.1, 0.15) is 0 Å². The van der Waals surface area contributed by atoms with Crippen molar-refractivity contribution in [3.8, 4) is 0 Å². The third-order valence-electron chi connectivity index (χ3n) is 10.4. The first-order valence-electron chi connectivity index (χ1n) is 24.7. The number of allylic oxidation sites excluding steroid dienone is 19. The van der Waals surface area contributed by atoms with Gasteiger partial charge in [-0.25, -0.2) is 0 Å². The van der Waals surface area contributed by atoms with Gasteiger partial charge < -0.3 is 15.5 Å². The third-order valence-corrected chi connectivity index (χ3v) is 10.4. The van der Waals surface area contributed by atoms with E-state index in [-0.39, 0.29) is 12.5 Å². The monoisotopic (exact) mass is 828 g/mol. The van der Waals surface area contributed by atoms with Crippen molar-refractivity contribution in [3.05, 3.63) is 122 Å². The summed E-state index contributed by atoms with van der Waals surface area (Å²) >= 11 is 0. The molecule has 0 saturated carbocycles. The van der Waals surface area contributed by atoms with E-state index in [4.69, 9.17) is 0 Å². The lowest BCUT2D eigenvalue weighted by atomic mass is 10.1. The summed E-state index contributed by atoms with van der Waals surface area (Å²) < 4.78 is 0. The lowest BCUT2D eigenvalue weighted by Gasteiger charge is -2.19. The van der Waals surface area contributed by atoms with Crippen LogP contribution in [0.15, 0.2) is 122 Å². The molecule has 4 nitrogen and oxygen atoms in total. The summed E-state index contributed by atoms with van der Waals surface area (Å²) in [6, 6.07) is -0.657. The first-order valence-corrected chi connectivity index (χ1v) is 24.7. The first-order chi connectivity index (χ1) is 29.7. The van der Waals surface area contributed by atoms with E-state index in [1.54, 1.807) is 6.08 Å². The summed E-state index contributed by atoms with van der Waals surface area (Å²) in [5, 5.41) is 23.0. The van der Waals surface area contributed by atoms with Gasteiger partial charge >= 0.3 is 0 Å². The van der Waals surface area contributed by atoms with Gasteiger partial charge in [0.05, 0.1) is 18.8 Å². The zero-order valence-electron chi connectivity index (χ0n) is 38.9. The smallest absolute Gasteiger partial charge is 0.220 e. The van der Waals surface area contributed by atoms with E-state index >= 15 is 0 Å². The first kappa shape index (κ1) is 56.8. The molecule has 2 atom stereocenters. The van der Waals surface area contributed by atoms with Crippen molar-refractivity contribution in [2.45, 2.75) is 219 Å². The lowest BCUT2D eigenvalue weighted by molar-refractivity contribution is -0.123. The van der Waals surface area contributed by atoms with E-state index in [1.807, 2.05) is 6.08 Å². The van der Waals surface area contributed by atoms with E-state index in [1.165, 1.54) is 96.3 Å². The van der Waals surface area contributed by atoms with Crippen LogP contribution >= 0.6 is 0 Å². The molecular formula is C56H93NO3. The SMILES string of the molecule is CC/C=C\C/C=C\C/C=C\C/C=C\C/C=C\C/C=C\C/C=C\CCCCCCCCCCCC(=O)NC(CO)C(O)/C=C/CC/C=C/CC/C=C/CCCCCCCCC. The van der Waals surface area contributed by atoms with Gasteiger partial charge in [0.15, 0.2) is 0 Å². The summed E-state index contributed by atoms with van der Waals surface area (Å²) in [5.41, 5.74) is 0. The minimum absolute atomic E-state index is 0.0905. The molecule has 60 heavy (non-hydrogen) atoms. The summed E-state index contributed by atoms with van der Waals surface area (Å²) in [6.07, 6.45) is 77.5. The maximum Gasteiger partial charge on any atom is 0.220 e. The molecule has 0 aromatic rings. The molecule has 340 valence electrons. The van der Waals surface area contributed by atoms with Crippen LogP contribution in [-0.2, 0) is 4.79 Å². The molecule has 0 rings (SSSR count). The van der Waals surface area contributed by atoms with Gasteiger partial charge in [-0.05, 0) is 103 Å². The Bertz CT molecular complexity index is 1210. The fourth-order valence-electron chi connectivity index (χ4n) is 6.66. The van der Waals surface area contributed by atoms with Crippen LogP contribution in [0.4, 0.5) is 0 Å². The van der Waals surface area contributed by atoms with Crippen LogP contribution in [0.25, 0.3) is 0 Å². The van der Waals surface area contributed by atoms with Crippen molar-refractivity contribution in [2.75, 3.05) is 6.61 Å². The highest BCUT2D eigenvalue weighted by molar-refractivity contribution is 5.76. The van der Waals surface area contributed by atoms with Gasteiger partial charge in [0.2, 0.25) is 5.91 Å². The molecule has 0 radical (unpaired) electrons. The Hall–Kier alpha value is -3.21. The normalized spacial score (nSPS) is 14.0. The molecule has 0 bridgehead atoms. The number of hydrogen-bond donors (Lipinski definition) is 3. The standard InChI is InChI=1S/C56H93NO3/c1-3-5-7-9-11-13-15-17-19-21-22-23-24-25-26-27-28-29-30-31-32-33-34-36-38-40-42-44-46-48-50-52-56(60)57-54(53-58)55(59)51-49-47-45-43-41-39-37-35-20-18-16-14-12-10-8-6-4-2/h5,7,11,13,17,19-20,22-23,25-26,28-29,31-32,35,41,43,49,51,54-55,58-59H,3-4,6,8-10,12,14-16,18,21,24,27,30,33-34,36-40,42,44-48,50,52-53H2,1-2H3,(H,57,60)/b7-5-,13-11-,19-17-,23-22-,26-25-,29-28-,32-31-,35-20+,43-41+,51-49+. The fourth-order valence-corrected chi connectivity index (χ4v) is 6.66. The number of nitrogens with one attached hydrogen (secondary N) is 1. The Morgan fingerprint density at radius 2 is 0.750 bits per heavy atom. The van der Waals surface area contributed by atoms with E-state index in [0.717, 1.165) is 89.9 Å². The molecule has 0 aliphatic carbocycles. The average molecular weight is 828 g/mol. The molecule has 0 spiro atoms. The van der Waals surface area contributed by atoms with Gasteiger partial charge in [0, 0.05) is 6.42 Å². The summed E-state index contributed by atoms with van der Waals surface area (Å²) in [4.78, 5) is 12.4.